The van der Waals surface area contributed by atoms with Gasteiger partial charge < -0.3 is 15.7 Å². The molecule has 0 spiro atoms. The third-order valence-corrected chi connectivity index (χ3v) is 3.70. The molecule has 0 unspecified atom stereocenters. The molecule has 126 valence electrons. The Morgan fingerprint density at radius 1 is 1.04 bits per heavy atom. The van der Waals surface area contributed by atoms with Crippen LogP contribution in [0.4, 0.5) is 13.2 Å². The highest BCUT2D eigenvalue weighted by atomic mass is 19.4. The van der Waals surface area contributed by atoms with Crippen molar-refractivity contribution in [2.75, 3.05) is 13.1 Å². The minimum atomic E-state index is -4.59. The van der Waals surface area contributed by atoms with Crippen molar-refractivity contribution in [3.63, 3.8) is 0 Å². The van der Waals surface area contributed by atoms with Crippen molar-refractivity contribution in [2.24, 2.45) is 5.92 Å². The summed E-state index contributed by atoms with van der Waals surface area (Å²) in [6.45, 7) is -1.81. The van der Waals surface area contributed by atoms with Crippen molar-refractivity contribution < 1.29 is 27.9 Å². The maximum atomic E-state index is 12.0. The molecule has 1 aliphatic carbocycles. The number of hydrogen-bond donors (Lipinski definition) is 3. The number of amides is 2. The number of benzene rings is 1. The number of hydrogen-bond acceptors (Lipinski definition) is 3. The summed E-state index contributed by atoms with van der Waals surface area (Å²) in [5.74, 6) is -2.64. The molecule has 23 heavy (non-hydrogen) atoms. The highest BCUT2D eigenvalue weighted by Gasteiger charge is 2.45. The van der Waals surface area contributed by atoms with E-state index < -0.39 is 30.1 Å². The van der Waals surface area contributed by atoms with Gasteiger partial charge in [0.1, 0.15) is 12.1 Å². The van der Waals surface area contributed by atoms with Crippen LogP contribution in [-0.4, -0.2) is 36.2 Å². The van der Waals surface area contributed by atoms with Gasteiger partial charge in [0.15, 0.2) is 0 Å². The summed E-state index contributed by atoms with van der Waals surface area (Å²) in [6, 6.07) is 8.66. The number of rotatable bonds is 5. The van der Waals surface area contributed by atoms with E-state index in [0.29, 0.717) is 5.56 Å². The smallest absolute Gasteiger partial charge is 0.383 e. The summed E-state index contributed by atoms with van der Waals surface area (Å²) in [5, 5.41) is 14.5. The Bertz CT molecular complexity index is 573. The lowest BCUT2D eigenvalue weighted by molar-refractivity contribution is -0.146. The van der Waals surface area contributed by atoms with Gasteiger partial charge in [-0.25, -0.2) is 0 Å². The van der Waals surface area contributed by atoms with E-state index in [1.54, 1.807) is 30.3 Å². The SMILES string of the molecule is O=C(NCC(F)(F)F)C(=O)NC[C@@](O)(c1ccccc1)C1CC1. The molecule has 0 aromatic heterocycles. The average molecular weight is 330 g/mol. The summed E-state index contributed by atoms with van der Waals surface area (Å²) in [5.41, 5.74) is -0.736. The third kappa shape index (κ3) is 4.69. The summed E-state index contributed by atoms with van der Waals surface area (Å²) < 4.78 is 36.0. The highest BCUT2D eigenvalue weighted by molar-refractivity contribution is 6.35. The van der Waals surface area contributed by atoms with Crippen LogP contribution in [0.15, 0.2) is 30.3 Å². The van der Waals surface area contributed by atoms with Crippen molar-refractivity contribution in [2.45, 2.75) is 24.6 Å². The van der Waals surface area contributed by atoms with Crippen LogP contribution in [0.3, 0.4) is 0 Å². The quantitative estimate of drug-likeness (QED) is 0.707. The molecule has 0 heterocycles. The van der Waals surface area contributed by atoms with E-state index in [4.69, 9.17) is 0 Å². The van der Waals surface area contributed by atoms with Crippen LogP contribution in [-0.2, 0) is 15.2 Å². The van der Waals surface area contributed by atoms with E-state index >= 15 is 0 Å². The fourth-order valence-electron chi connectivity index (χ4n) is 2.33. The molecule has 8 heteroatoms. The number of halogens is 3. The lowest BCUT2D eigenvalue weighted by atomic mass is 9.88. The van der Waals surface area contributed by atoms with Gasteiger partial charge in [-0.05, 0) is 24.3 Å². The van der Waals surface area contributed by atoms with Crippen LogP contribution in [0, 0.1) is 5.92 Å². The Hall–Kier alpha value is -2.09. The molecule has 0 aliphatic heterocycles. The van der Waals surface area contributed by atoms with Gasteiger partial charge in [0.05, 0.1) is 6.54 Å². The van der Waals surface area contributed by atoms with Gasteiger partial charge in [0.2, 0.25) is 0 Å². The summed E-state index contributed by atoms with van der Waals surface area (Å²) in [6.07, 6.45) is -3.03. The maximum absolute atomic E-state index is 12.0. The van der Waals surface area contributed by atoms with Crippen LogP contribution in [0.25, 0.3) is 0 Å². The van der Waals surface area contributed by atoms with Crippen LogP contribution in [0.5, 0.6) is 0 Å². The lowest BCUT2D eigenvalue weighted by Crippen LogP contribution is -2.48. The predicted octanol–water partition coefficient (Wildman–Crippen LogP) is 1.08. The summed E-state index contributed by atoms with van der Waals surface area (Å²) in [4.78, 5) is 22.9. The van der Waals surface area contributed by atoms with E-state index in [-0.39, 0.29) is 12.5 Å². The molecule has 1 saturated carbocycles. The van der Waals surface area contributed by atoms with Gasteiger partial charge >= 0.3 is 18.0 Å². The molecule has 0 bridgehead atoms. The second-order valence-corrected chi connectivity index (χ2v) is 5.55. The molecule has 1 fully saturated rings. The maximum Gasteiger partial charge on any atom is 0.405 e. The van der Waals surface area contributed by atoms with E-state index in [9.17, 15) is 27.9 Å². The van der Waals surface area contributed by atoms with E-state index in [1.165, 1.54) is 5.32 Å². The molecule has 2 rings (SSSR count). The normalized spacial score (nSPS) is 17.2. The number of aliphatic hydroxyl groups is 1. The molecular formula is C15H17F3N2O3. The topological polar surface area (TPSA) is 78.4 Å². The molecule has 5 nitrogen and oxygen atoms in total. The minimum absolute atomic E-state index is 0.0524. The summed E-state index contributed by atoms with van der Waals surface area (Å²) >= 11 is 0. The first-order valence-corrected chi connectivity index (χ1v) is 7.13. The first kappa shape index (κ1) is 17.3. The van der Waals surface area contributed by atoms with Crippen molar-refractivity contribution in [1.82, 2.24) is 10.6 Å². The monoisotopic (exact) mass is 330 g/mol. The zero-order valence-electron chi connectivity index (χ0n) is 12.2. The van der Waals surface area contributed by atoms with Crippen molar-refractivity contribution in [1.29, 1.82) is 0 Å². The first-order valence-electron chi connectivity index (χ1n) is 7.13. The fourth-order valence-corrected chi connectivity index (χ4v) is 2.33. The van der Waals surface area contributed by atoms with Gasteiger partial charge in [-0.15, -0.1) is 0 Å². The zero-order valence-corrected chi connectivity index (χ0v) is 12.2. The van der Waals surface area contributed by atoms with Crippen LogP contribution >= 0.6 is 0 Å². The van der Waals surface area contributed by atoms with Crippen LogP contribution < -0.4 is 10.6 Å². The standard InChI is InChI=1S/C15H17F3N2O3/c16-15(17,18)9-20-13(22)12(21)19-8-14(23,11-6-7-11)10-4-2-1-3-5-10/h1-5,11,23H,6-9H2,(H,19,21)(H,20,22)/t14-/m1/s1. The van der Waals surface area contributed by atoms with Gasteiger partial charge in [-0.2, -0.15) is 13.2 Å². The Balaban J connectivity index is 1.94. The molecule has 1 atom stereocenters. The molecule has 0 saturated heterocycles. The molecule has 0 radical (unpaired) electrons. The Morgan fingerprint density at radius 2 is 1.57 bits per heavy atom. The van der Waals surface area contributed by atoms with Gasteiger partial charge in [0, 0.05) is 0 Å². The largest absolute Gasteiger partial charge is 0.405 e. The summed E-state index contributed by atoms with van der Waals surface area (Å²) in [7, 11) is 0. The van der Waals surface area contributed by atoms with Crippen LogP contribution in [0.1, 0.15) is 18.4 Å². The molecule has 1 aliphatic rings. The van der Waals surface area contributed by atoms with Crippen molar-refractivity contribution in [3.05, 3.63) is 35.9 Å². The van der Waals surface area contributed by atoms with Gasteiger partial charge in [-0.3, -0.25) is 9.59 Å². The average Bonchev–Trinajstić information content (AvgIpc) is 3.35. The lowest BCUT2D eigenvalue weighted by Gasteiger charge is -2.29. The van der Waals surface area contributed by atoms with E-state index in [0.717, 1.165) is 12.8 Å². The Morgan fingerprint density at radius 3 is 2.04 bits per heavy atom. The number of carbonyl (C=O) groups excluding carboxylic acids is 2. The van der Waals surface area contributed by atoms with E-state index in [1.807, 2.05) is 0 Å². The van der Waals surface area contributed by atoms with E-state index in [2.05, 4.69) is 5.32 Å². The Labute approximate surface area is 130 Å². The van der Waals surface area contributed by atoms with Gasteiger partial charge in [-0.1, -0.05) is 30.3 Å². The first-order chi connectivity index (χ1) is 10.7. The fraction of sp³-hybridized carbons (Fsp3) is 0.467. The number of alkyl halides is 3. The Kier molecular flexibility index (Phi) is 4.93. The minimum Gasteiger partial charge on any atom is -0.383 e. The second-order valence-electron chi connectivity index (χ2n) is 5.55. The third-order valence-electron chi connectivity index (χ3n) is 3.70. The molecule has 3 N–H and O–H groups in total. The van der Waals surface area contributed by atoms with Crippen molar-refractivity contribution >= 4 is 11.8 Å². The zero-order chi connectivity index (χ0) is 17.1. The second kappa shape index (κ2) is 6.57. The predicted molar refractivity (Wildman–Crippen MR) is 75.1 cm³/mol. The molecule has 1 aromatic carbocycles. The van der Waals surface area contributed by atoms with Crippen LogP contribution in [0.2, 0.25) is 0 Å². The van der Waals surface area contributed by atoms with Gasteiger partial charge in [0.25, 0.3) is 0 Å². The molecule has 1 aromatic rings. The van der Waals surface area contributed by atoms with Crippen molar-refractivity contribution in [3.8, 4) is 0 Å². The molecule has 2 amide bonds. The molecular weight excluding hydrogens is 313 g/mol. The highest BCUT2D eigenvalue weighted by Crippen LogP contribution is 2.45. The number of nitrogens with one attached hydrogen (secondary N) is 2. The number of carbonyl (C=O) groups is 2.